The molecule has 0 bridgehead atoms. The van der Waals surface area contributed by atoms with Gasteiger partial charge in [0.05, 0.1) is 0 Å². The predicted octanol–water partition coefficient (Wildman–Crippen LogP) is 0.211. The molecule has 3 heterocycles. The third kappa shape index (κ3) is 4.11. The van der Waals surface area contributed by atoms with Crippen molar-refractivity contribution in [2.75, 3.05) is 46.3 Å². The molecule has 0 aliphatic carbocycles. The fourth-order valence-electron chi connectivity index (χ4n) is 3.61. The van der Waals surface area contributed by atoms with Crippen LogP contribution in [0.3, 0.4) is 0 Å². The first kappa shape index (κ1) is 16.9. The van der Waals surface area contributed by atoms with Crippen molar-refractivity contribution >= 4 is 11.8 Å². The lowest BCUT2D eigenvalue weighted by Crippen LogP contribution is -2.50. The highest BCUT2D eigenvalue weighted by atomic mass is 16.2. The average molecular weight is 334 g/mol. The molecule has 1 N–H and O–H groups in total. The molecule has 8 nitrogen and oxygen atoms in total. The van der Waals surface area contributed by atoms with E-state index in [9.17, 15) is 9.59 Å². The number of aromatic amines is 1. The molecule has 1 aromatic rings. The standard InChI is InChI=1S/C16H26N6O2/c1-20-6-2-3-13(11-20)4-5-14(23)21-7-9-22(10-8-21)16(24)15-17-12-18-19-15/h12-13H,2-11H2,1H3,(H,17,18,19)/t13-/m0/s1. The van der Waals surface area contributed by atoms with E-state index in [2.05, 4.69) is 27.1 Å². The zero-order valence-corrected chi connectivity index (χ0v) is 14.3. The van der Waals surface area contributed by atoms with Crippen LogP contribution in [0.2, 0.25) is 0 Å². The average Bonchev–Trinajstić information content (AvgIpc) is 3.14. The van der Waals surface area contributed by atoms with E-state index in [0.717, 1.165) is 13.0 Å². The smallest absolute Gasteiger partial charge is 0.291 e. The molecular formula is C16H26N6O2. The summed E-state index contributed by atoms with van der Waals surface area (Å²) in [6.45, 7) is 4.58. The van der Waals surface area contributed by atoms with Crippen LogP contribution in [0.4, 0.5) is 0 Å². The summed E-state index contributed by atoms with van der Waals surface area (Å²) >= 11 is 0. The van der Waals surface area contributed by atoms with Crippen LogP contribution in [-0.4, -0.2) is 88.0 Å². The van der Waals surface area contributed by atoms with Crippen LogP contribution in [0.5, 0.6) is 0 Å². The van der Waals surface area contributed by atoms with Gasteiger partial charge in [0.15, 0.2) is 0 Å². The molecule has 2 aliphatic rings. The summed E-state index contributed by atoms with van der Waals surface area (Å²) in [6, 6.07) is 0. The van der Waals surface area contributed by atoms with Gasteiger partial charge in [0.1, 0.15) is 6.33 Å². The van der Waals surface area contributed by atoms with Gasteiger partial charge < -0.3 is 14.7 Å². The quantitative estimate of drug-likeness (QED) is 0.851. The monoisotopic (exact) mass is 334 g/mol. The van der Waals surface area contributed by atoms with E-state index in [1.807, 2.05) is 4.90 Å². The lowest BCUT2D eigenvalue weighted by Gasteiger charge is -2.35. The number of carbonyl (C=O) groups is 2. The number of H-pyrrole nitrogens is 1. The number of carbonyl (C=O) groups excluding carboxylic acids is 2. The second kappa shape index (κ2) is 7.74. The molecular weight excluding hydrogens is 308 g/mol. The van der Waals surface area contributed by atoms with Gasteiger partial charge in [0.2, 0.25) is 11.7 Å². The van der Waals surface area contributed by atoms with Crippen LogP contribution >= 0.6 is 0 Å². The Balaban J connectivity index is 1.41. The number of hydrogen-bond acceptors (Lipinski definition) is 5. The van der Waals surface area contributed by atoms with Gasteiger partial charge in [-0.15, -0.1) is 0 Å². The molecule has 8 heteroatoms. The number of rotatable bonds is 4. The highest BCUT2D eigenvalue weighted by Crippen LogP contribution is 2.20. The van der Waals surface area contributed by atoms with Gasteiger partial charge in [-0.1, -0.05) is 0 Å². The molecule has 0 saturated carbocycles. The number of aromatic nitrogens is 3. The Labute approximate surface area is 142 Å². The maximum absolute atomic E-state index is 12.4. The van der Waals surface area contributed by atoms with Crippen molar-refractivity contribution in [3.63, 3.8) is 0 Å². The number of amides is 2. The van der Waals surface area contributed by atoms with Crippen molar-refractivity contribution in [1.82, 2.24) is 29.9 Å². The Morgan fingerprint density at radius 1 is 1.21 bits per heavy atom. The Kier molecular flexibility index (Phi) is 5.44. The van der Waals surface area contributed by atoms with E-state index in [0.29, 0.717) is 38.5 Å². The zero-order valence-electron chi connectivity index (χ0n) is 14.3. The van der Waals surface area contributed by atoms with Crippen molar-refractivity contribution in [2.45, 2.75) is 25.7 Å². The van der Waals surface area contributed by atoms with E-state index >= 15 is 0 Å². The lowest BCUT2D eigenvalue weighted by molar-refractivity contribution is -0.133. The lowest BCUT2D eigenvalue weighted by atomic mass is 9.93. The molecule has 132 valence electrons. The minimum Gasteiger partial charge on any atom is -0.339 e. The maximum atomic E-state index is 12.4. The van der Waals surface area contributed by atoms with E-state index in [-0.39, 0.29) is 17.6 Å². The Bertz CT molecular complexity index is 553. The van der Waals surface area contributed by atoms with Crippen LogP contribution in [0.1, 0.15) is 36.3 Å². The second-order valence-electron chi connectivity index (χ2n) is 6.82. The van der Waals surface area contributed by atoms with E-state index < -0.39 is 0 Å². The summed E-state index contributed by atoms with van der Waals surface area (Å²) in [5.41, 5.74) is 0. The fourth-order valence-corrected chi connectivity index (χ4v) is 3.61. The molecule has 0 spiro atoms. The second-order valence-corrected chi connectivity index (χ2v) is 6.82. The number of piperidine rings is 1. The van der Waals surface area contributed by atoms with Gasteiger partial charge in [-0.25, -0.2) is 4.98 Å². The maximum Gasteiger partial charge on any atom is 0.291 e. The molecule has 1 aromatic heterocycles. The third-order valence-electron chi connectivity index (χ3n) is 5.03. The molecule has 2 aliphatic heterocycles. The van der Waals surface area contributed by atoms with Gasteiger partial charge in [-0.2, -0.15) is 5.10 Å². The van der Waals surface area contributed by atoms with Crippen LogP contribution < -0.4 is 0 Å². The molecule has 24 heavy (non-hydrogen) atoms. The topological polar surface area (TPSA) is 85.4 Å². The fraction of sp³-hybridized carbons (Fsp3) is 0.750. The van der Waals surface area contributed by atoms with Gasteiger partial charge in [-0.3, -0.25) is 14.7 Å². The molecule has 2 saturated heterocycles. The van der Waals surface area contributed by atoms with Crippen molar-refractivity contribution in [1.29, 1.82) is 0 Å². The summed E-state index contributed by atoms with van der Waals surface area (Å²) in [5, 5.41) is 6.30. The van der Waals surface area contributed by atoms with E-state index in [4.69, 9.17) is 0 Å². The Morgan fingerprint density at radius 3 is 2.62 bits per heavy atom. The number of nitrogens with one attached hydrogen (secondary N) is 1. The van der Waals surface area contributed by atoms with Crippen molar-refractivity contribution in [2.24, 2.45) is 5.92 Å². The molecule has 0 radical (unpaired) electrons. The van der Waals surface area contributed by atoms with Crippen molar-refractivity contribution in [3.8, 4) is 0 Å². The molecule has 2 amide bonds. The number of hydrogen-bond donors (Lipinski definition) is 1. The van der Waals surface area contributed by atoms with E-state index in [1.165, 1.54) is 25.7 Å². The van der Waals surface area contributed by atoms with Gasteiger partial charge in [0, 0.05) is 39.1 Å². The summed E-state index contributed by atoms with van der Waals surface area (Å²) < 4.78 is 0. The van der Waals surface area contributed by atoms with Gasteiger partial charge in [0.25, 0.3) is 5.91 Å². The molecule has 0 unspecified atom stereocenters. The molecule has 3 rings (SSSR count). The first-order valence-corrected chi connectivity index (χ1v) is 8.74. The summed E-state index contributed by atoms with van der Waals surface area (Å²) in [6.07, 6.45) is 5.39. The van der Waals surface area contributed by atoms with Crippen molar-refractivity contribution in [3.05, 3.63) is 12.2 Å². The zero-order chi connectivity index (χ0) is 16.9. The van der Waals surface area contributed by atoms with Crippen molar-refractivity contribution < 1.29 is 9.59 Å². The summed E-state index contributed by atoms with van der Waals surface area (Å²) in [4.78, 5) is 34.4. The van der Waals surface area contributed by atoms with Gasteiger partial charge in [-0.05, 0) is 38.8 Å². The largest absolute Gasteiger partial charge is 0.339 e. The summed E-state index contributed by atoms with van der Waals surface area (Å²) in [7, 11) is 2.15. The molecule has 1 atom stereocenters. The van der Waals surface area contributed by atoms with Crippen LogP contribution in [-0.2, 0) is 4.79 Å². The van der Waals surface area contributed by atoms with Crippen LogP contribution in [0, 0.1) is 5.92 Å². The van der Waals surface area contributed by atoms with Gasteiger partial charge >= 0.3 is 0 Å². The number of nitrogens with zero attached hydrogens (tertiary/aromatic N) is 5. The predicted molar refractivity (Wildman–Crippen MR) is 88.3 cm³/mol. The highest BCUT2D eigenvalue weighted by Gasteiger charge is 2.26. The SMILES string of the molecule is CN1CCC[C@@H](CCC(=O)N2CCN(C(=O)c3ncn[nH]3)CC2)C1. The van der Waals surface area contributed by atoms with Crippen LogP contribution in [0.25, 0.3) is 0 Å². The normalized spacial score (nSPS) is 22.6. The number of likely N-dealkylation sites (tertiary alicyclic amines) is 1. The Morgan fingerprint density at radius 2 is 1.96 bits per heavy atom. The highest BCUT2D eigenvalue weighted by molar-refractivity contribution is 5.90. The van der Waals surface area contributed by atoms with E-state index in [1.54, 1.807) is 4.90 Å². The Hall–Kier alpha value is -1.96. The first-order chi connectivity index (χ1) is 11.6. The molecule has 0 aromatic carbocycles. The third-order valence-corrected chi connectivity index (χ3v) is 5.03. The minimum atomic E-state index is -0.148. The minimum absolute atomic E-state index is 0.148. The molecule has 2 fully saturated rings. The number of piperazine rings is 1. The van der Waals surface area contributed by atoms with Crippen LogP contribution in [0.15, 0.2) is 6.33 Å². The first-order valence-electron chi connectivity index (χ1n) is 8.74. The summed E-state index contributed by atoms with van der Waals surface area (Å²) in [5.74, 6) is 0.970.